The molecule has 0 fully saturated rings. The number of rotatable bonds is 8. The summed E-state index contributed by atoms with van der Waals surface area (Å²) in [7, 11) is 1.96. The number of aromatic nitrogens is 3. The molecule has 0 aliphatic heterocycles. The fourth-order valence-corrected chi connectivity index (χ4v) is 1.61. The summed E-state index contributed by atoms with van der Waals surface area (Å²) in [6.45, 7) is 3.71. The number of aromatic amines is 1. The minimum absolute atomic E-state index is 0.302. The monoisotopic (exact) mass is 208 g/mol. The van der Waals surface area contributed by atoms with E-state index in [4.69, 9.17) is 0 Å². The molecule has 4 nitrogen and oxygen atoms in total. The van der Waals surface area contributed by atoms with Crippen molar-refractivity contribution in [2.45, 2.75) is 38.1 Å². The van der Waals surface area contributed by atoms with Gasteiger partial charge in [-0.25, -0.2) is 4.98 Å². The standard InChI is InChI=1S/C11H20N4/c1-3-4-5-6-7-8-10(12-2)11-13-9-14-15-11/h3,9-10,12H,1,4-8H2,2H3,(H,13,14,15). The molecule has 0 radical (unpaired) electrons. The molecule has 1 aromatic rings. The largest absolute Gasteiger partial charge is 0.310 e. The smallest absolute Gasteiger partial charge is 0.141 e. The number of H-pyrrole nitrogens is 1. The highest BCUT2D eigenvalue weighted by Gasteiger charge is 2.10. The Morgan fingerprint density at radius 3 is 3.00 bits per heavy atom. The van der Waals surface area contributed by atoms with Crippen molar-refractivity contribution in [3.63, 3.8) is 0 Å². The Kier molecular flexibility index (Phi) is 5.70. The number of unbranched alkanes of at least 4 members (excludes halogenated alkanes) is 3. The first-order valence-electron chi connectivity index (χ1n) is 5.52. The maximum absolute atomic E-state index is 4.16. The van der Waals surface area contributed by atoms with Gasteiger partial charge in [-0.3, -0.25) is 5.10 Å². The average molecular weight is 208 g/mol. The third-order valence-corrected chi connectivity index (χ3v) is 2.51. The van der Waals surface area contributed by atoms with Crippen LogP contribution in [-0.4, -0.2) is 22.2 Å². The predicted octanol–water partition coefficient (Wildman–Crippen LogP) is 2.20. The van der Waals surface area contributed by atoms with E-state index in [-0.39, 0.29) is 0 Å². The van der Waals surface area contributed by atoms with Crippen molar-refractivity contribution < 1.29 is 0 Å². The van der Waals surface area contributed by atoms with Gasteiger partial charge in [-0.1, -0.05) is 18.9 Å². The second kappa shape index (κ2) is 7.17. The predicted molar refractivity (Wildman–Crippen MR) is 61.5 cm³/mol. The van der Waals surface area contributed by atoms with Gasteiger partial charge < -0.3 is 5.32 Å². The van der Waals surface area contributed by atoms with Crippen LogP contribution in [0.3, 0.4) is 0 Å². The topological polar surface area (TPSA) is 53.6 Å². The normalized spacial score (nSPS) is 12.6. The molecule has 1 aromatic heterocycles. The van der Waals surface area contributed by atoms with Crippen molar-refractivity contribution in [3.05, 3.63) is 24.8 Å². The third kappa shape index (κ3) is 4.25. The second-order valence-corrected chi connectivity index (χ2v) is 3.64. The Bertz CT molecular complexity index is 256. The molecule has 1 atom stereocenters. The lowest BCUT2D eigenvalue weighted by molar-refractivity contribution is 0.488. The average Bonchev–Trinajstić information content (AvgIpc) is 2.77. The number of nitrogens with zero attached hydrogens (tertiary/aromatic N) is 2. The van der Waals surface area contributed by atoms with E-state index >= 15 is 0 Å². The molecular formula is C11H20N4. The Balaban J connectivity index is 2.20. The minimum atomic E-state index is 0.302. The Labute approximate surface area is 91.2 Å². The van der Waals surface area contributed by atoms with Gasteiger partial charge in [-0.15, -0.1) is 6.58 Å². The van der Waals surface area contributed by atoms with Crippen LogP contribution in [0.5, 0.6) is 0 Å². The van der Waals surface area contributed by atoms with E-state index in [1.807, 2.05) is 13.1 Å². The first-order chi connectivity index (χ1) is 7.38. The molecule has 0 saturated heterocycles. The molecule has 1 rings (SSSR count). The van der Waals surface area contributed by atoms with E-state index in [1.54, 1.807) is 6.33 Å². The maximum Gasteiger partial charge on any atom is 0.141 e. The van der Waals surface area contributed by atoms with E-state index in [2.05, 4.69) is 27.1 Å². The van der Waals surface area contributed by atoms with Crippen LogP contribution in [0.1, 0.15) is 44.0 Å². The molecule has 0 aliphatic rings. The maximum atomic E-state index is 4.16. The summed E-state index contributed by atoms with van der Waals surface area (Å²) in [5, 5.41) is 10.0. The van der Waals surface area contributed by atoms with E-state index in [0.29, 0.717) is 6.04 Å². The summed E-state index contributed by atoms with van der Waals surface area (Å²) in [5.41, 5.74) is 0. The van der Waals surface area contributed by atoms with E-state index < -0.39 is 0 Å². The molecule has 0 aromatic carbocycles. The fourth-order valence-electron chi connectivity index (χ4n) is 1.61. The summed E-state index contributed by atoms with van der Waals surface area (Å²) in [6, 6.07) is 0.302. The molecule has 0 saturated carbocycles. The zero-order valence-corrected chi connectivity index (χ0v) is 9.37. The zero-order valence-electron chi connectivity index (χ0n) is 9.37. The highest BCUT2D eigenvalue weighted by atomic mass is 15.2. The molecule has 84 valence electrons. The van der Waals surface area contributed by atoms with Crippen molar-refractivity contribution in [2.24, 2.45) is 0 Å². The Morgan fingerprint density at radius 1 is 1.53 bits per heavy atom. The van der Waals surface area contributed by atoms with Crippen molar-refractivity contribution in [1.82, 2.24) is 20.5 Å². The SMILES string of the molecule is C=CCCCCCC(NC)c1ncn[nH]1. The summed E-state index contributed by atoms with van der Waals surface area (Å²) < 4.78 is 0. The summed E-state index contributed by atoms with van der Waals surface area (Å²) >= 11 is 0. The lowest BCUT2D eigenvalue weighted by atomic mass is 10.1. The Hall–Kier alpha value is -1.16. The highest BCUT2D eigenvalue weighted by Crippen LogP contribution is 2.15. The number of allylic oxidation sites excluding steroid dienone is 1. The van der Waals surface area contributed by atoms with Gasteiger partial charge in [0, 0.05) is 0 Å². The molecule has 0 aliphatic carbocycles. The first kappa shape index (κ1) is 11.9. The summed E-state index contributed by atoms with van der Waals surface area (Å²) in [5.74, 6) is 0.932. The lowest BCUT2D eigenvalue weighted by Crippen LogP contribution is -2.17. The van der Waals surface area contributed by atoms with Gasteiger partial charge in [0.2, 0.25) is 0 Å². The van der Waals surface area contributed by atoms with E-state index in [1.165, 1.54) is 19.3 Å². The van der Waals surface area contributed by atoms with Gasteiger partial charge in [0.05, 0.1) is 6.04 Å². The van der Waals surface area contributed by atoms with Crippen LogP contribution in [0.15, 0.2) is 19.0 Å². The van der Waals surface area contributed by atoms with Gasteiger partial charge in [0.1, 0.15) is 12.2 Å². The minimum Gasteiger partial charge on any atom is -0.310 e. The van der Waals surface area contributed by atoms with Crippen LogP contribution < -0.4 is 5.32 Å². The van der Waals surface area contributed by atoms with Gasteiger partial charge in [0.15, 0.2) is 0 Å². The second-order valence-electron chi connectivity index (χ2n) is 3.64. The molecule has 0 spiro atoms. The van der Waals surface area contributed by atoms with Crippen molar-refractivity contribution >= 4 is 0 Å². The molecule has 2 N–H and O–H groups in total. The van der Waals surface area contributed by atoms with Crippen LogP contribution in [-0.2, 0) is 0 Å². The lowest BCUT2D eigenvalue weighted by Gasteiger charge is -2.12. The first-order valence-corrected chi connectivity index (χ1v) is 5.52. The molecule has 1 unspecified atom stereocenters. The third-order valence-electron chi connectivity index (χ3n) is 2.51. The van der Waals surface area contributed by atoms with Crippen LogP contribution in [0.25, 0.3) is 0 Å². The molecule has 0 amide bonds. The summed E-state index contributed by atoms with van der Waals surface area (Å²) in [4.78, 5) is 4.16. The molecule has 4 heteroatoms. The van der Waals surface area contributed by atoms with E-state index in [9.17, 15) is 0 Å². The van der Waals surface area contributed by atoms with Crippen LogP contribution in [0.2, 0.25) is 0 Å². The fraction of sp³-hybridized carbons (Fsp3) is 0.636. The number of nitrogens with one attached hydrogen (secondary N) is 2. The van der Waals surface area contributed by atoms with Crippen molar-refractivity contribution in [2.75, 3.05) is 7.05 Å². The van der Waals surface area contributed by atoms with Gasteiger partial charge in [-0.05, 0) is 26.3 Å². The zero-order chi connectivity index (χ0) is 10.9. The highest BCUT2D eigenvalue weighted by molar-refractivity contribution is 4.90. The number of hydrogen-bond donors (Lipinski definition) is 2. The van der Waals surface area contributed by atoms with E-state index in [0.717, 1.165) is 18.7 Å². The molecular weight excluding hydrogens is 188 g/mol. The van der Waals surface area contributed by atoms with Crippen molar-refractivity contribution in [1.29, 1.82) is 0 Å². The quantitative estimate of drug-likeness (QED) is 0.508. The Morgan fingerprint density at radius 2 is 2.40 bits per heavy atom. The van der Waals surface area contributed by atoms with Gasteiger partial charge in [0.25, 0.3) is 0 Å². The molecule has 0 bridgehead atoms. The summed E-state index contributed by atoms with van der Waals surface area (Å²) in [6.07, 6.45) is 9.44. The van der Waals surface area contributed by atoms with Crippen LogP contribution in [0.4, 0.5) is 0 Å². The van der Waals surface area contributed by atoms with Gasteiger partial charge >= 0.3 is 0 Å². The van der Waals surface area contributed by atoms with Crippen molar-refractivity contribution in [3.8, 4) is 0 Å². The number of hydrogen-bond acceptors (Lipinski definition) is 3. The molecule has 1 heterocycles. The molecule has 15 heavy (non-hydrogen) atoms. The van der Waals surface area contributed by atoms with Gasteiger partial charge in [-0.2, -0.15) is 5.10 Å². The van der Waals surface area contributed by atoms with Crippen LogP contribution >= 0.6 is 0 Å². The van der Waals surface area contributed by atoms with Crippen LogP contribution in [0, 0.1) is 0 Å².